The summed E-state index contributed by atoms with van der Waals surface area (Å²) in [6.45, 7) is 3.69. The molecule has 2 fully saturated rings. The van der Waals surface area contributed by atoms with Crippen molar-refractivity contribution in [2.24, 2.45) is 0 Å². The molecule has 1 N–H and O–H groups in total. The van der Waals surface area contributed by atoms with E-state index in [9.17, 15) is 22.8 Å². The average molecular weight is 385 g/mol. The van der Waals surface area contributed by atoms with E-state index in [2.05, 4.69) is 10.1 Å². The standard InChI is InChI=1S/C18H22F3N3O3/c1-2-11-23-15(25)17(7-9-22-10-8-17)24(16(23)26)12-13-3-5-14(6-4-13)27-18(19,20)21/h3-6,22H,2,7-12H2,1H3. The number of nitrogens with zero attached hydrogens (tertiary/aromatic N) is 2. The van der Waals surface area contributed by atoms with E-state index in [1.165, 1.54) is 29.2 Å². The van der Waals surface area contributed by atoms with E-state index in [1.807, 2.05) is 6.92 Å². The van der Waals surface area contributed by atoms with Gasteiger partial charge in [-0.1, -0.05) is 19.1 Å². The molecule has 0 saturated carbocycles. The molecule has 9 heteroatoms. The Morgan fingerprint density at radius 3 is 2.33 bits per heavy atom. The highest BCUT2D eigenvalue weighted by molar-refractivity contribution is 6.07. The van der Waals surface area contributed by atoms with Gasteiger partial charge < -0.3 is 15.0 Å². The first-order chi connectivity index (χ1) is 12.8. The van der Waals surface area contributed by atoms with Crippen molar-refractivity contribution < 1.29 is 27.5 Å². The summed E-state index contributed by atoms with van der Waals surface area (Å²) in [6.07, 6.45) is -3.04. The van der Waals surface area contributed by atoms with Crippen LogP contribution in [0, 0.1) is 0 Å². The molecule has 0 aromatic heterocycles. The number of amides is 3. The molecule has 0 atom stereocenters. The third kappa shape index (κ3) is 3.87. The number of carbonyl (C=O) groups excluding carboxylic acids is 2. The van der Waals surface area contributed by atoms with Gasteiger partial charge in [0.05, 0.1) is 0 Å². The Labute approximate surface area is 155 Å². The van der Waals surface area contributed by atoms with E-state index in [4.69, 9.17) is 0 Å². The Kier molecular flexibility index (Phi) is 5.32. The van der Waals surface area contributed by atoms with Gasteiger partial charge in [-0.25, -0.2) is 4.79 Å². The predicted octanol–water partition coefficient (Wildman–Crippen LogP) is 2.88. The second-order valence-electron chi connectivity index (χ2n) is 6.80. The number of urea groups is 1. The number of nitrogens with one attached hydrogen (secondary N) is 1. The first-order valence-corrected chi connectivity index (χ1v) is 8.96. The molecule has 3 amide bonds. The Morgan fingerprint density at radius 2 is 1.78 bits per heavy atom. The molecular weight excluding hydrogens is 363 g/mol. The summed E-state index contributed by atoms with van der Waals surface area (Å²) < 4.78 is 40.8. The zero-order chi connectivity index (χ0) is 19.7. The maximum Gasteiger partial charge on any atom is 0.573 e. The first-order valence-electron chi connectivity index (χ1n) is 8.96. The van der Waals surface area contributed by atoms with Crippen molar-refractivity contribution in [1.29, 1.82) is 0 Å². The summed E-state index contributed by atoms with van der Waals surface area (Å²) in [5.74, 6) is -0.493. The molecule has 2 aliphatic heterocycles. The van der Waals surface area contributed by atoms with E-state index < -0.39 is 11.9 Å². The van der Waals surface area contributed by atoms with Crippen LogP contribution in [0.4, 0.5) is 18.0 Å². The van der Waals surface area contributed by atoms with Crippen LogP contribution < -0.4 is 10.1 Å². The molecular formula is C18H22F3N3O3. The molecule has 0 aliphatic carbocycles. The second kappa shape index (κ2) is 7.38. The van der Waals surface area contributed by atoms with Gasteiger partial charge in [0.25, 0.3) is 5.91 Å². The van der Waals surface area contributed by atoms with Crippen molar-refractivity contribution in [3.63, 3.8) is 0 Å². The monoisotopic (exact) mass is 385 g/mol. The van der Waals surface area contributed by atoms with E-state index in [-0.39, 0.29) is 24.2 Å². The molecule has 0 bridgehead atoms. The lowest BCUT2D eigenvalue weighted by Crippen LogP contribution is -2.55. The minimum atomic E-state index is -4.75. The van der Waals surface area contributed by atoms with Gasteiger partial charge in [0.2, 0.25) is 0 Å². The molecule has 0 radical (unpaired) electrons. The summed E-state index contributed by atoms with van der Waals surface area (Å²) in [7, 11) is 0. The number of imide groups is 1. The predicted molar refractivity (Wildman–Crippen MR) is 90.9 cm³/mol. The molecule has 2 saturated heterocycles. The molecule has 148 valence electrons. The van der Waals surface area contributed by atoms with Gasteiger partial charge in [-0.3, -0.25) is 9.69 Å². The van der Waals surface area contributed by atoms with Crippen LogP contribution in [0.15, 0.2) is 24.3 Å². The molecule has 2 heterocycles. The van der Waals surface area contributed by atoms with Gasteiger partial charge >= 0.3 is 12.4 Å². The van der Waals surface area contributed by atoms with Crippen LogP contribution >= 0.6 is 0 Å². The van der Waals surface area contributed by atoms with Gasteiger partial charge in [0.15, 0.2) is 0 Å². The van der Waals surface area contributed by atoms with Gasteiger partial charge in [-0.05, 0) is 50.0 Å². The molecule has 1 aromatic carbocycles. The zero-order valence-corrected chi connectivity index (χ0v) is 15.0. The lowest BCUT2D eigenvalue weighted by Gasteiger charge is -2.38. The number of carbonyl (C=O) groups is 2. The number of benzene rings is 1. The van der Waals surface area contributed by atoms with Gasteiger partial charge in [-0.2, -0.15) is 0 Å². The first kappa shape index (κ1) is 19.5. The fourth-order valence-electron chi connectivity index (χ4n) is 3.73. The number of rotatable bonds is 5. The third-order valence-electron chi connectivity index (χ3n) is 5.00. The maximum atomic E-state index is 13.0. The van der Waals surface area contributed by atoms with Gasteiger partial charge in [0, 0.05) is 13.1 Å². The molecule has 2 aliphatic rings. The van der Waals surface area contributed by atoms with E-state index in [1.54, 1.807) is 4.90 Å². The van der Waals surface area contributed by atoms with Crippen LogP contribution in [-0.4, -0.2) is 53.3 Å². The smallest absolute Gasteiger partial charge is 0.406 e. The number of hydrogen-bond acceptors (Lipinski definition) is 4. The largest absolute Gasteiger partial charge is 0.573 e. The van der Waals surface area contributed by atoms with Crippen molar-refractivity contribution in [3.8, 4) is 5.75 Å². The van der Waals surface area contributed by atoms with Crippen LogP contribution in [0.1, 0.15) is 31.7 Å². The number of halogens is 3. The number of hydrogen-bond donors (Lipinski definition) is 1. The van der Waals surface area contributed by atoms with Crippen molar-refractivity contribution in [2.75, 3.05) is 19.6 Å². The lowest BCUT2D eigenvalue weighted by atomic mass is 9.86. The van der Waals surface area contributed by atoms with Gasteiger partial charge in [-0.15, -0.1) is 13.2 Å². The highest BCUT2D eigenvalue weighted by atomic mass is 19.4. The Bertz CT molecular complexity index is 700. The Balaban J connectivity index is 1.82. The maximum absolute atomic E-state index is 13.0. The van der Waals surface area contributed by atoms with Crippen molar-refractivity contribution in [2.45, 2.75) is 44.6 Å². The molecule has 0 unspecified atom stereocenters. The number of ether oxygens (including phenoxy) is 1. The summed E-state index contributed by atoms with van der Waals surface area (Å²) >= 11 is 0. The topological polar surface area (TPSA) is 61.9 Å². The van der Waals surface area contributed by atoms with E-state index >= 15 is 0 Å². The minimum Gasteiger partial charge on any atom is -0.406 e. The number of piperidine rings is 1. The van der Waals surface area contributed by atoms with Crippen molar-refractivity contribution in [1.82, 2.24) is 15.1 Å². The van der Waals surface area contributed by atoms with E-state index in [0.717, 1.165) is 0 Å². The summed E-state index contributed by atoms with van der Waals surface area (Å²) in [5, 5.41) is 3.20. The van der Waals surface area contributed by atoms with Crippen LogP contribution in [0.5, 0.6) is 5.75 Å². The number of alkyl halides is 3. The molecule has 27 heavy (non-hydrogen) atoms. The lowest BCUT2D eigenvalue weighted by molar-refractivity contribution is -0.274. The fraction of sp³-hybridized carbons (Fsp3) is 0.556. The molecule has 6 nitrogen and oxygen atoms in total. The highest BCUT2D eigenvalue weighted by Crippen LogP contribution is 2.37. The Morgan fingerprint density at radius 1 is 1.15 bits per heavy atom. The molecule has 1 aromatic rings. The molecule has 1 spiro atoms. The second-order valence-corrected chi connectivity index (χ2v) is 6.80. The van der Waals surface area contributed by atoms with Crippen molar-refractivity contribution >= 4 is 11.9 Å². The quantitative estimate of drug-likeness (QED) is 0.792. The Hall–Kier alpha value is -2.29. The highest BCUT2D eigenvalue weighted by Gasteiger charge is 2.56. The summed E-state index contributed by atoms with van der Waals surface area (Å²) in [4.78, 5) is 28.7. The molecule has 3 rings (SSSR count). The minimum absolute atomic E-state index is 0.164. The summed E-state index contributed by atoms with van der Waals surface area (Å²) in [5.41, 5.74) is -0.236. The van der Waals surface area contributed by atoms with Crippen molar-refractivity contribution in [3.05, 3.63) is 29.8 Å². The van der Waals surface area contributed by atoms with Crippen LogP contribution in [-0.2, 0) is 11.3 Å². The van der Waals surface area contributed by atoms with Crippen LogP contribution in [0.25, 0.3) is 0 Å². The van der Waals surface area contributed by atoms with Gasteiger partial charge in [0.1, 0.15) is 11.3 Å². The van der Waals surface area contributed by atoms with E-state index in [0.29, 0.717) is 44.5 Å². The van der Waals surface area contributed by atoms with Crippen LogP contribution in [0.3, 0.4) is 0 Å². The third-order valence-corrected chi connectivity index (χ3v) is 5.00. The van der Waals surface area contributed by atoms with Crippen LogP contribution in [0.2, 0.25) is 0 Å². The normalized spacial score (nSPS) is 19.9. The SMILES string of the molecule is CCCN1C(=O)N(Cc2ccc(OC(F)(F)F)cc2)C2(CCNCC2)C1=O. The fourth-order valence-corrected chi connectivity index (χ4v) is 3.73. The zero-order valence-electron chi connectivity index (χ0n) is 15.0. The summed E-state index contributed by atoms with van der Waals surface area (Å²) in [6, 6.07) is 5.06. The average Bonchev–Trinajstić information content (AvgIpc) is 2.79.